The Balaban J connectivity index is 1.51. The molecular weight excluding hydrogens is 246 g/mol. The van der Waals surface area contributed by atoms with E-state index in [9.17, 15) is 4.39 Å². The van der Waals surface area contributed by atoms with E-state index >= 15 is 0 Å². The summed E-state index contributed by atoms with van der Waals surface area (Å²) in [6.07, 6.45) is 14.3. The van der Waals surface area contributed by atoms with Crippen molar-refractivity contribution >= 4 is 7.85 Å². The number of halogens is 1. The van der Waals surface area contributed by atoms with E-state index in [1.54, 1.807) is 0 Å². The zero-order chi connectivity index (χ0) is 13.9. The minimum absolute atomic E-state index is 0.400. The third-order valence-electron chi connectivity index (χ3n) is 6.60. The van der Waals surface area contributed by atoms with Crippen molar-refractivity contribution in [1.82, 2.24) is 0 Å². The molecule has 3 unspecified atom stereocenters. The molecule has 3 atom stereocenters. The van der Waals surface area contributed by atoms with Gasteiger partial charge in [-0.2, -0.15) is 0 Å². The molecule has 0 saturated heterocycles. The van der Waals surface area contributed by atoms with Gasteiger partial charge in [0.25, 0.3) is 0 Å². The van der Waals surface area contributed by atoms with E-state index in [1.807, 2.05) is 0 Å². The zero-order valence-electron chi connectivity index (χ0n) is 12.9. The number of hydrogen-bond acceptors (Lipinski definition) is 0. The summed E-state index contributed by atoms with van der Waals surface area (Å²) in [6.45, 7) is 0. The summed E-state index contributed by atoms with van der Waals surface area (Å²) in [5.74, 6) is 2.97. The number of hydrogen-bond donors (Lipinski definition) is 0. The molecule has 0 aromatic carbocycles. The summed E-state index contributed by atoms with van der Waals surface area (Å²) in [5.41, 5.74) is 0. The molecule has 112 valence electrons. The molecule has 3 rings (SSSR count). The van der Waals surface area contributed by atoms with E-state index in [0.717, 1.165) is 12.3 Å². The van der Waals surface area contributed by atoms with Gasteiger partial charge in [0.2, 0.25) is 0 Å². The van der Waals surface area contributed by atoms with Crippen LogP contribution in [0.25, 0.3) is 0 Å². The van der Waals surface area contributed by atoms with Crippen molar-refractivity contribution in [2.24, 2.45) is 23.7 Å². The van der Waals surface area contributed by atoms with E-state index in [1.165, 1.54) is 70.6 Å². The lowest BCUT2D eigenvalue weighted by Gasteiger charge is -2.42. The molecule has 3 aliphatic carbocycles. The van der Waals surface area contributed by atoms with Crippen LogP contribution in [0, 0.1) is 23.7 Å². The van der Waals surface area contributed by atoms with Gasteiger partial charge >= 0.3 is 0 Å². The highest BCUT2D eigenvalue weighted by atomic mass is 19.1. The number of alkyl halides is 1. The van der Waals surface area contributed by atoms with Gasteiger partial charge < -0.3 is 0 Å². The Labute approximate surface area is 125 Å². The van der Waals surface area contributed by atoms with Crippen molar-refractivity contribution in [3.63, 3.8) is 0 Å². The van der Waals surface area contributed by atoms with Gasteiger partial charge in [-0.05, 0) is 42.9 Å². The van der Waals surface area contributed by atoms with Gasteiger partial charge in [0, 0.05) is 0 Å². The highest BCUT2D eigenvalue weighted by Crippen LogP contribution is 2.46. The normalized spacial score (nSPS) is 44.4. The molecule has 3 aliphatic rings. The van der Waals surface area contributed by atoms with Crippen LogP contribution in [0.1, 0.15) is 77.0 Å². The second-order valence-electron chi connectivity index (χ2n) is 7.83. The predicted molar refractivity (Wildman–Crippen MR) is 83.8 cm³/mol. The van der Waals surface area contributed by atoms with Gasteiger partial charge in [0.05, 0.1) is 7.85 Å². The SMILES string of the molecule is [B]C1CCC(C2CCC(C3CCCCC3)C(F)C2)CC1. The quantitative estimate of drug-likeness (QED) is 0.587. The lowest BCUT2D eigenvalue weighted by atomic mass is 9.63. The van der Waals surface area contributed by atoms with Crippen LogP contribution in [-0.4, -0.2) is 14.0 Å². The molecule has 0 N–H and O–H groups in total. The smallest absolute Gasteiger partial charge is 0.103 e. The maximum Gasteiger partial charge on any atom is 0.103 e. The van der Waals surface area contributed by atoms with E-state index in [2.05, 4.69) is 0 Å². The molecule has 0 bridgehead atoms. The van der Waals surface area contributed by atoms with Gasteiger partial charge in [0.15, 0.2) is 0 Å². The van der Waals surface area contributed by atoms with Crippen molar-refractivity contribution in [2.45, 2.75) is 89.0 Å². The fourth-order valence-corrected chi connectivity index (χ4v) is 5.31. The van der Waals surface area contributed by atoms with Crippen LogP contribution < -0.4 is 0 Å². The van der Waals surface area contributed by atoms with Crippen LogP contribution in [0.15, 0.2) is 0 Å². The molecule has 0 spiro atoms. The molecule has 0 nitrogen and oxygen atoms in total. The van der Waals surface area contributed by atoms with E-state index in [0.29, 0.717) is 23.6 Å². The average molecular weight is 276 g/mol. The Morgan fingerprint density at radius 2 is 1.30 bits per heavy atom. The van der Waals surface area contributed by atoms with Crippen molar-refractivity contribution < 1.29 is 4.39 Å². The minimum Gasteiger partial charge on any atom is -0.247 e. The van der Waals surface area contributed by atoms with Gasteiger partial charge in [-0.25, -0.2) is 4.39 Å². The van der Waals surface area contributed by atoms with Gasteiger partial charge in [-0.1, -0.05) is 63.6 Å². The Bertz CT molecular complexity index is 292. The van der Waals surface area contributed by atoms with Crippen LogP contribution >= 0.6 is 0 Å². The number of rotatable bonds is 2. The molecule has 0 aromatic rings. The maximum atomic E-state index is 14.7. The van der Waals surface area contributed by atoms with Crippen LogP contribution in [0.4, 0.5) is 4.39 Å². The van der Waals surface area contributed by atoms with Crippen molar-refractivity contribution in [2.75, 3.05) is 0 Å². The van der Waals surface area contributed by atoms with E-state index in [4.69, 9.17) is 7.85 Å². The second-order valence-corrected chi connectivity index (χ2v) is 7.83. The van der Waals surface area contributed by atoms with E-state index in [-0.39, 0.29) is 0 Å². The summed E-state index contributed by atoms with van der Waals surface area (Å²) in [7, 11) is 6.00. The fraction of sp³-hybridized carbons (Fsp3) is 1.00. The summed E-state index contributed by atoms with van der Waals surface area (Å²) in [5, 5.41) is 0. The molecule has 0 heterocycles. The van der Waals surface area contributed by atoms with Crippen LogP contribution in [0.2, 0.25) is 5.82 Å². The minimum atomic E-state index is -0.507. The van der Waals surface area contributed by atoms with Crippen LogP contribution in [0.3, 0.4) is 0 Å². The van der Waals surface area contributed by atoms with E-state index < -0.39 is 6.17 Å². The lowest BCUT2D eigenvalue weighted by molar-refractivity contribution is 0.0421. The van der Waals surface area contributed by atoms with Crippen LogP contribution in [0.5, 0.6) is 0 Å². The monoisotopic (exact) mass is 276 g/mol. The molecule has 2 heteroatoms. The molecule has 3 saturated carbocycles. The van der Waals surface area contributed by atoms with Crippen molar-refractivity contribution in [3.8, 4) is 0 Å². The molecule has 3 fully saturated rings. The third-order valence-corrected chi connectivity index (χ3v) is 6.60. The largest absolute Gasteiger partial charge is 0.247 e. The lowest BCUT2D eigenvalue weighted by Crippen LogP contribution is -2.35. The predicted octanol–water partition coefficient (Wildman–Crippen LogP) is 5.47. The first-order valence-corrected chi connectivity index (χ1v) is 9.13. The van der Waals surface area contributed by atoms with Crippen molar-refractivity contribution in [1.29, 1.82) is 0 Å². The first-order chi connectivity index (χ1) is 9.74. The Hall–Kier alpha value is -0.00506. The summed E-state index contributed by atoms with van der Waals surface area (Å²) >= 11 is 0. The molecule has 2 radical (unpaired) electrons. The van der Waals surface area contributed by atoms with Gasteiger partial charge in [-0.3, -0.25) is 0 Å². The molecule has 0 aromatic heterocycles. The van der Waals surface area contributed by atoms with Crippen LogP contribution in [-0.2, 0) is 0 Å². The molecular formula is C18H30BF. The Morgan fingerprint density at radius 3 is 1.95 bits per heavy atom. The highest BCUT2D eigenvalue weighted by Gasteiger charge is 2.38. The van der Waals surface area contributed by atoms with Gasteiger partial charge in [-0.15, -0.1) is 0 Å². The Kier molecular flexibility index (Phi) is 5.10. The molecule has 0 aliphatic heterocycles. The van der Waals surface area contributed by atoms with Crippen molar-refractivity contribution in [3.05, 3.63) is 0 Å². The second kappa shape index (κ2) is 6.84. The highest BCUT2D eigenvalue weighted by molar-refractivity contribution is 6.11. The first-order valence-electron chi connectivity index (χ1n) is 9.13. The zero-order valence-corrected chi connectivity index (χ0v) is 12.9. The average Bonchev–Trinajstić information content (AvgIpc) is 2.49. The fourth-order valence-electron chi connectivity index (χ4n) is 5.31. The first kappa shape index (κ1) is 14.9. The third kappa shape index (κ3) is 3.42. The topological polar surface area (TPSA) is 0 Å². The summed E-state index contributed by atoms with van der Waals surface area (Å²) < 4.78 is 14.7. The standard InChI is InChI=1S/C18H30BF/c19-16-9-6-13(7-10-16)15-8-11-17(18(20)12-15)14-4-2-1-3-5-14/h13-18H,1-12H2. The molecule has 20 heavy (non-hydrogen) atoms. The molecule has 0 amide bonds. The summed E-state index contributed by atoms with van der Waals surface area (Å²) in [6, 6.07) is 0. The Morgan fingerprint density at radius 1 is 0.650 bits per heavy atom. The maximum absolute atomic E-state index is 14.7. The summed E-state index contributed by atoms with van der Waals surface area (Å²) in [4.78, 5) is 0. The van der Waals surface area contributed by atoms with Gasteiger partial charge in [0.1, 0.15) is 6.17 Å².